The number of rotatable bonds is 6. The summed E-state index contributed by atoms with van der Waals surface area (Å²) in [5.74, 6) is 0.429. The molecule has 0 heterocycles. The Hall–Kier alpha value is -0.610. The van der Waals surface area contributed by atoms with Crippen LogP contribution in [0.4, 0.5) is 0 Å². The molecule has 0 amide bonds. The van der Waals surface area contributed by atoms with E-state index >= 15 is 0 Å². The first-order valence-electron chi connectivity index (χ1n) is 4.88. The first kappa shape index (κ1) is 13.4. The molecule has 0 bridgehead atoms. The molecule has 0 aliphatic heterocycles. The van der Waals surface area contributed by atoms with Crippen molar-refractivity contribution < 1.29 is 5.11 Å². The van der Waals surface area contributed by atoms with Crippen LogP contribution in [0, 0.1) is 5.92 Å². The molecule has 82 valence electrons. The van der Waals surface area contributed by atoms with E-state index in [-0.39, 0.29) is 12.6 Å². The Balaban J connectivity index is 3.57. The highest BCUT2D eigenvalue weighted by molar-refractivity contribution is 7.80. The van der Waals surface area contributed by atoms with Gasteiger partial charge in [0.25, 0.3) is 0 Å². The van der Waals surface area contributed by atoms with Crippen LogP contribution in [0.2, 0.25) is 0 Å². The molecule has 4 heteroatoms. The Morgan fingerprint density at radius 2 is 2.21 bits per heavy atom. The molecule has 0 rings (SSSR count). The van der Waals surface area contributed by atoms with Crippen molar-refractivity contribution in [3.63, 3.8) is 0 Å². The third kappa shape index (κ3) is 6.86. The molecule has 0 fully saturated rings. The summed E-state index contributed by atoms with van der Waals surface area (Å²) in [6.07, 6.45) is 2.59. The van der Waals surface area contributed by atoms with E-state index in [1.165, 1.54) is 0 Å². The van der Waals surface area contributed by atoms with Gasteiger partial charge in [0, 0.05) is 19.2 Å². The minimum atomic E-state index is 0.183. The lowest BCUT2D eigenvalue weighted by molar-refractivity contribution is 0.262. The summed E-state index contributed by atoms with van der Waals surface area (Å²) in [6, 6.07) is 0.183. The third-order valence-electron chi connectivity index (χ3n) is 1.95. The van der Waals surface area contributed by atoms with Crippen LogP contribution < -0.4 is 10.6 Å². The van der Waals surface area contributed by atoms with Crippen molar-refractivity contribution in [3.05, 3.63) is 12.7 Å². The van der Waals surface area contributed by atoms with Crippen molar-refractivity contribution in [3.8, 4) is 0 Å². The normalized spacial score (nSPS) is 14.2. The number of hydrogen-bond acceptors (Lipinski definition) is 2. The van der Waals surface area contributed by atoms with E-state index in [2.05, 4.69) is 24.1 Å². The zero-order valence-electron chi connectivity index (χ0n) is 8.92. The molecular formula is C10H20N2OS. The smallest absolute Gasteiger partial charge is 0.166 e. The van der Waals surface area contributed by atoms with E-state index in [1.54, 1.807) is 6.08 Å². The fourth-order valence-corrected chi connectivity index (χ4v) is 1.18. The predicted octanol–water partition coefficient (Wildman–Crippen LogP) is 1.04. The lowest BCUT2D eigenvalue weighted by Gasteiger charge is -2.16. The number of nitrogens with one attached hydrogen (secondary N) is 2. The molecule has 0 spiro atoms. The Morgan fingerprint density at radius 3 is 2.71 bits per heavy atom. The molecule has 0 saturated heterocycles. The zero-order valence-corrected chi connectivity index (χ0v) is 9.73. The Labute approximate surface area is 91.6 Å². The van der Waals surface area contributed by atoms with Crippen LogP contribution in [0.15, 0.2) is 12.7 Å². The van der Waals surface area contributed by atoms with E-state index in [1.807, 2.05) is 6.92 Å². The van der Waals surface area contributed by atoms with Gasteiger partial charge in [0.2, 0.25) is 0 Å². The molecule has 2 unspecified atom stereocenters. The average molecular weight is 216 g/mol. The van der Waals surface area contributed by atoms with Crippen LogP contribution in [-0.2, 0) is 0 Å². The maximum Gasteiger partial charge on any atom is 0.166 e. The predicted molar refractivity (Wildman–Crippen MR) is 64.3 cm³/mol. The molecule has 0 aromatic rings. The molecule has 0 radical (unpaired) electrons. The van der Waals surface area contributed by atoms with Crippen molar-refractivity contribution in [2.45, 2.75) is 26.3 Å². The van der Waals surface area contributed by atoms with Crippen LogP contribution in [0.5, 0.6) is 0 Å². The molecule has 0 aliphatic carbocycles. The van der Waals surface area contributed by atoms with Crippen LogP contribution in [-0.4, -0.2) is 29.4 Å². The standard InChI is InChI=1S/C10H20N2OS/c1-4-9(3)12-10(14)11-7-8(2)5-6-13/h4,8-9,13H,1,5-7H2,2-3H3,(H2,11,12,14). The monoisotopic (exact) mass is 216 g/mol. The highest BCUT2D eigenvalue weighted by Gasteiger charge is 2.03. The Kier molecular flexibility index (Phi) is 7.42. The van der Waals surface area contributed by atoms with Gasteiger partial charge < -0.3 is 15.7 Å². The maximum atomic E-state index is 8.70. The SMILES string of the molecule is C=CC(C)NC(=S)NCC(C)CCO. The third-order valence-corrected chi connectivity index (χ3v) is 2.21. The number of hydrogen-bond donors (Lipinski definition) is 3. The molecule has 0 aliphatic rings. The second kappa shape index (κ2) is 7.76. The minimum Gasteiger partial charge on any atom is -0.396 e. The van der Waals surface area contributed by atoms with Crippen LogP contribution >= 0.6 is 12.2 Å². The summed E-state index contributed by atoms with van der Waals surface area (Å²) in [7, 11) is 0. The van der Waals surface area contributed by atoms with Crippen LogP contribution in [0.1, 0.15) is 20.3 Å². The largest absolute Gasteiger partial charge is 0.396 e. The number of thiocarbonyl (C=S) groups is 1. The van der Waals surface area contributed by atoms with Gasteiger partial charge in [-0.3, -0.25) is 0 Å². The first-order chi connectivity index (χ1) is 6.60. The molecule has 2 atom stereocenters. The minimum absolute atomic E-state index is 0.183. The fraction of sp³-hybridized carbons (Fsp3) is 0.700. The molecule has 0 aromatic heterocycles. The lowest BCUT2D eigenvalue weighted by Crippen LogP contribution is -2.41. The molecule has 3 N–H and O–H groups in total. The van der Waals surface area contributed by atoms with Gasteiger partial charge in [0.1, 0.15) is 0 Å². The quantitative estimate of drug-likeness (QED) is 0.458. The van der Waals surface area contributed by atoms with Crippen molar-refractivity contribution >= 4 is 17.3 Å². The van der Waals surface area contributed by atoms with Gasteiger partial charge in [-0.1, -0.05) is 13.0 Å². The summed E-state index contributed by atoms with van der Waals surface area (Å²) in [4.78, 5) is 0. The van der Waals surface area contributed by atoms with Gasteiger partial charge in [-0.2, -0.15) is 0 Å². The average Bonchev–Trinajstić information content (AvgIpc) is 2.15. The van der Waals surface area contributed by atoms with Crippen molar-refractivity contribution in [2.24, 2.45) is 5.92 Å². The second-order valence-electron chi connectivity index (χ2n) is 3.50. The number of aliphatic hydroxyl groups excluding tert-OH is 1. The summed E-state index contributed by atoms with van der Waals surface area (Å²) in [5, 5.41) is 15.5. The summed E-state index contributed by atoms with van der Waals surface area (Å²) >= 11 is 5.07. The van der Waals surface area contributed by atoms with E-state index in [0.29, 0.717) is 11.0 Å². The molecule has 0 aromatic carbocycles. The van der Waals surface area contributed by atoms with E-state index in [0.717, 1.165) is 13.0 Å². The summed E-state index contributed by atoms with van der Waals surface area (Å²) < 4.78 is 0. The van der Waals surface area contributed by atoms with Crippen molar-refractivity contribution in [1.29, 1.82) is 0 Å². The van der Waals surface area contributed by atoms with Crippen LogP contribution in [0.3, 0.4) is 0 Å². The summed E-state index contributed by atoms with van der Waals surface area (Å²) in [6.45, 7) is 8.73. The van der Waals surface area contributed by atoms with Crippen molar-refractivity contribution in [2.75, 3.05) is 13.2 Å². The van der Waals surface area contributed by atoms with Crippen molar-refractivity contribution in [1.82, 2.24) is 10.6 Å². The van der Waals surface area contributed by atoms with Crippen LogP contribution in [0.25, 0.3) is 0 Å². The Morgan fingerprint density at radius 1 is 1.57 bits per heavy atom. The lowest BCUT2D eigenvalue weighted by atomic mass is 10.1. The van der Waals surface area contributed by atoms with E-state index in [4.69, 9.17) is 17.3 Å². The molecule has 14 heavy (non-hydrogen) atoms. The van der Waals surface area contributed by atoms with Gasteiger partial charge in [0.15, 0.2) is 5.11 Å². The second-order valence-corrected chi connectivity index (χ2v) is 3.90. The molecule has 3 nitrogen and oxygen atoms in total. The topological polar surface area (TPSA) is 44.3 Å². The van der Waals surface area contributed by atoms with Gasteiger partial charge in [-0.15, -0.1) is 6.58 Å². The number of aliphatic hydroxyl groups is 1. The highest BCUT2D eigenvalue weighted by atomic mass is 32.1. The van der Waals surface area contributed by atoms with Gasteiger partial charge in [-0.25, -0.2) is 0 Å². The van der Waals surface area contributed by atoms with Gasteiger partial charge >= 0.3 is 0 Å². The van der Waals surface area contributed by atoms with E-state index in [9.17, 15) is 0 Å². The highest BCUT2D eigenvalue weighted by Crippen LogP contribution is 1.97. The Bertz CT molecular complexity index is 185. The first-order valence-corrected chi connectivity index (χ1v) is 5.28. The zero-order chi connectivity index (χ0) is 11.0. The molecular weight excluding hydrogens is 196 g/mol. The van der Waals surface area contributed by atoms with Gasteiger partial charge in [-0.05, 0) is 31.5 Å². The fourth-order valence-electron chi connectivity index (χ4n) is 0.906. The van der Waals surface area contributed by atoms with Gasteiger partial charge in [0.05, 0.1) is 0 Å². The maximum absolute atomic E-state index is 8.70. The van der Waals surface area contributed by atoms with E-state index < -0.39 is 0 Å². The summed E-state index contributed by atoms with van der Waals surface area (Å²) in [5.41, 5.74) is 0. The molecule has 0 saturated carbocycles.